The van der Waals surface area contributed by atoms with Crippen LogP contribution in [0.1, 0.15) is 23.2 Å². The maximum absolute atomic E-state index is 13.4. The summed E-state index contributed by atoms with van der Waals surface area (Å²) in [4.78, 5) is 39.5. The third-order valence-electron chi connectivity index (χ3n) is 5.06. The summed E-state index contributed by atoms with van der Waals surface area (Å²) in [5.74, 6) is -0.110. The summed E-state index contributed by atoms with van der Waals surface area (Å²) in [7, 11) is 0. The molecule has 0 radical (unpaired) electrons. The number of hydrogen-bond donors (Lipinski definition) is 1. The van der Waals surface area contributed by atoms with Gasteiger partial charge in [0, 0.05) is 17.7 Å². The molecule has 0 aliphatic heterocycles. The summed E-state index contributed by atoms with van der Waals surface area (Å²) in [5.41, 5.74) is 3.65. The summed E-state index contributed by atoms with van der Waals surface area (Å²) < 4.78 is 1.02. The van der Waals surface area contributed by atoms with Crippen molar-refractivity contribution in [2.45, 2.75) is 31.8 Å². The van der Waals surface area contributed by atoms with E-state index in [1.807, 2.05) is 61.7 Å². The molecular formula is C23H22N4O2S2. The van der Waals surface area contributed by atoms with Crippen LogP contribution in [0.4, 0.5) is 10.8 Å². The number of amides is 1. The fourth-order valence-corrected chi connectivity index (χ4v) is 4.85. The fourth-order valence-electron chi connectivity index (χ4n) is 3.43. The first kappa shape index (κ1) is 21.3. The zero-order chi connectivity index (χ0) is 22.0. The minimum absolute atomic E-state index is 0.110. The standard InChI is InChI=1S/C23H22N4O2S2/c1-14-8-4-6-10-18(14)27(23-25-17-9-5-7-11-19(17)31-23)20(28)13-12-16-15(2)24-22(30-3)26-21(16)29/h4-11H,12-13H2,1-3H3,(H,24,26,29). The van der Waals surface area contributed by atoms with Crippen molar-refractivity contribution in [3.63, 3.8) is 0 Å². The van der Waals surface area contributed by atoms with E-state index >= 15 is 0 Å². The second-order valence-electron chi connectivity index (χ2n) is 7.12. The molecular weight excluding hydrogens is 428 g/mol. The number of hydrogen-bond acceptors (Lipinski definition) is 6. The van der Waals surface area contributed by atoms with E-state index < -0.39 is 0 Å². The molecule has 2 aromatic carbocycles. The summed E-state index contributed by atoms with van der Waals surface area (Å²) in [6.45, 7) is 3.78. The Kier molecular flexibility index (Phi) is 6.20. The largest absolute Gasteiger partial charge is 0.301 e. The lowest BCUT2D eigenvalue weighted by molar-refractivity contribution is -0.117. The van der Waals surface area contributed by atoms with E-state index in [2.05, 4.69) is 9.97 Å². The van der Waals surface area contributed by atoms with Crippen LogP contribution in [-0.4, -0.2) is 27.1 Å². The molecule has 0 atom stereocenters. The lowest BCUT2D eigenvalue weighted by Crippen LogP contribution is -2.28. The number of nitrogens with zero attached hydrogens (tertiary/aromatic N) is 3. The first-order valence-corrected chi connectivity index (χ1v) is 11.9. The van der Waals surface area contributed by atoms with E-state index in [4.69, 9.17) is 4.98 Å². The molecule has 0 unspecified atom stereocenters. The van der Waals surface area contributed by atoms with Crippen molar-refractivity contribution in [3.8, 4) is 0 Å². The van der Waals surface area contributed by atoms with Crippen LogP contribution in [0, 0.1) is 13.8 Å². The Morgan fingerprint density at radius 3 is 2.55 bits per heavy atom. The van der Waals surface area contributed by atoms with Crippen LogP contribution in [-0.2, 0) is 11.2 Å². The van der Waals surface area contributed by atoms with Gasteiger partial charge in [-0.15, -0.1) is 0 Å². The number of aromatic amines is 1. The number of thiazole rings is 1. The van der Waals surface area contributed by atoms with Gasteiger partial charge in [0.15, 0.2) is 10.3 Å². The van der Waals surface area contributed by atoms with Gasteiger partial charge in [-0.2, -0.15) is 0 Å². The molecule has 158 valence electrons. The van der Waals surface area contributed by atoms with Gasteiger partial charge in [-0.1, -0.05) is 53.4 Å². The zero-order valence-electron chi connectivity index (χ0n) is 17.5. The van der Waals surface area contributed by atoms with E-state index in [1.165, 1.54) is 23.1 Å². The van der Waals surface area contributed by atoms with Crippen molar-refractivity contribution in [2.75, 3.05) is 11.2 Å². The average molecular weight is 451 g/mol. The predicted octanol–water partition coefficient (Wildman–Crippen LogP) is 5.02. The molecule has 1 N–H and O–H groups in total. The first-order chi connectivity index (χ1) is 15.0. The average Bonchev–Trinajstić information content (AvgIpc) is 3.18. The Morgan fingerprint density at radius 2 is 1.84 bits per heavy atom. The minimum atomic E-state index is -0.188. The van der Waals surface area contributed by atoms with Gasteiger partial charge in [-0.25, -0.2) is 9.97 Å². The number of thioether (sulfide) groups is 1. The van der Waals surface area contributed by atoms with Crippen LogP contribution in [0.15, 0.2) is 58.5 Å². The molecule has 2 aromatic heterocycles. The van der Waals surface area contributed by atoms with Crippen molar-refractivity contribution in [1.29, 1.82) is 0 Å². The van der Waals surface area contributed by atoms with Gasteiger partial charge in [0.1, 0.15) is 0 Å². The molecule has 0 saturated carbocycles. The van der Waals surface area contributed by atoms with E-state index in [0.717, 1.165) is 21.5 Å². The number of aryl methyl sites for hydroxylation is 2. The number of aromatic nitrogens is 3. The lowest BCUT2D eigenvalue weighted by Gasteiger charge is -2.22. The highest BCUT2D eigenvalue weighted by molar-refractivity contribution is 7.98. The summed E-state index contributed by atoms with van der Waals surface area (Å²) in [6.07, 6.45) is 2.35. The van der Waals surface area contributed by atoms with Crippen LogP contribution in [0.2, 0.25) is 0 Å². The molecule has 0 fully saturated rings. The minimum Gasteiger partial charge on any atom is -0.301 e. The number of carbonyl (C=O) groups excluding carboxylic acids is 1. The molecule has 8 heteroatoms. The molecule has 0 aliphatic rings. The highest BCUT2D eigenvalue weighted by Crippen LogP contribution is 2.35. The van der Waals surface area contributed by atoms with Gasteiger partial charge in [0.25, 0.3) is 5.56 Å². The second-order valence-corrected chi connectivity index (χ2v) is 8.92. The highest BCUT2D eigenvalue weighted by Gasteiger charge is 2.23. The molecule has 0 saturated heterocycles. The van der Waals surface area contributed by atoms with Crippen molar-refractivity contribution >= 4 is 50.0 Å². The third kappa shape index (κ3) is 4.40. The molecule has 1 amide bonds. The highest BCUT2D eigenvalue weighted by atomic mass is 32.2. The molecule has 4 rings (SSSR count). The van der Waals surface area contributed by atoms with Crippen molar-refractivity contribution < 1.29 is 4.79 Å². The normalized spacial score (nSPS) is 11.1. The maximum atomic E-state index is 13.4. The Labute approximate surface area is 188 Å². The first-order valence-electron chi connectivity index (χ1n) is 9.86. The number of carbonyl (C=O) groups is 1. The predicted molar refractivity (Wildman–Crippen MR) is 128 cm³/mol. The number of fused-ring (bicyclic) bond motifs is 1. The number of para-hydroxylation sites is 2. The Balaban J connectivity index is 1.68. The quantitative estimate of drug-likeness (QED) is 0.330. The van der Waals surface area contributed by atoms with Gasteiger partial charge in [-0.3, -0.25) is 14.5 Å². The van der Waals surface area contributed by atoms with Crippen molar-refractivity contribution in [1.82, 2.24) is 15.0 Å². The topological polar surface area (TPSA) is 79.0 Å². The van der Waals surface area contributed by atoms with Gasteiger partial charge in [0.2, 0.25) is 5.91 Å². The number of nitrogens with one attached hydrogen (secondary N) is 1. The summed E-state index contributed by atoms with van der Waals surface area (Å²) >= 11 is 2.87. The number of H-pyrrole nitrogens is 1. The molecule has 0 aliphatic carbocycles. The van der Waals surface area contributed by atoms with Crippen LogP contribution in [0.3, 0.4) is 0 Å². The van der Waals surface area contributed by atoms with Crippen LogP contribution in [0.5, 0.6) is 0 Å². The molecule has 6 nitrogen and oxygen atoms in total. The van der Waals surface area contributed by atoms with Crippen molar-refractivity contribution in [3.05, 3.63) is 75.7 Å². The number of rotatable bonds is 6. The van der Waals surface area contributed by atoms with Gasteiger partial charge in [0.05, 0.1) is 15.9 Å². The molecule has 0 bridgehead atoms. The van der Waals surface area contributed by atoms with Crippen LogP contribution >= 0.6 is 23.1 Å². The Bertz CT molecular complexity index is 1280. The fraction of sp³-hybridized carbons (Fsp3) is 0.217. The lowest BCUT2D eigenvalue weighted by atomic mass is 10.1. The van der Waals surface area contributed by atoms with E-state index in [-0.39, 0.29) is 17.9 Å². The van der Waals surface area contributed by atoms with E-state index in [9.17, 15) is 9.59 Å². The molecule has 2 heterocycles. The van der Waals surface area contributed by atoms with Crippen molar-refractivity contribution in [2.24, 2.45) is 0 Å². The van der Waals surface area contributed by atoms with Gasteiger partial charge in [-0.05, 0) is 50.3 Å². The number of benzene rings is 2. The zero-order valence-corrected chi connectivity index (χ0v) is 19.1. The SMILES string of the molecule is CSc1nc(C)c(CCC(=O)N(c2nc3ccccc3s2)c2ccccc2C)c(=O)[nH]1. The van der Waals surface area contributed by atoms with E-state index in [1.54, 1.807) is 11.8 Å². The summed E-state index contributed by atoms with van der Waals surface area (Å²) in [5, 5.41) is 1.20. The van der Waals surface area contributed by atoms with Gasteiger partial charge < -0.3 is 4.98 Å². The summed E-state index contributed by atoms with van der Waals surface area (Å²) in [6, 6.07) is 15.6. The Hall–Kier alpha value is -2.97. The number of anilines is 2. The smallest absolute Gasteiger partial charge is 0.254 e. The van der Waals surface area contributed by atoms with Crippen LogP contribution < -0.4 is 10.5 Å². The van der Waals surface area contributed by atoms with E-state index in [0.29, 0.717) is 28.0 Å². The van der Waals surface area contributed by atoms with Crippen LogP contribution in [0.25, 0.3) is 10.2 Å². The molecule has 0 spiro atoms. The molecule has 31 heavy (non-hydrogen) atoms. The second kappa shape index (κ2) is 9.03. The van der Waals surface area contributed by atoms with Gasteiger partial charge >= 0.3 is 0 Å². The molecule has 4 aromatic rings. The third-order valence-corrected chi connectivity index (χ3v) is 6.66. The monoisotopic (exact) mass is 450 g/mol. The Morgan fingerprint density at radius 1 is 1.10 bits per heavy atom. The maximum Gasteiger partial charge on any atom is 0.254 e.